The van der Waals surface area contributed by atoms with E-state index < -0.39 is 29.4 Å². The maximum Gasteiger partial charge on any atom is 0.407 e. The molecule has 3 atom stereocenters. The molecule has 0 unspecified atom stereocenters. The monoisotopic (exact) mass is 774 g/mol. The number of likely N-dealkylation sites (tertiary alicyclic amines) is 1. The summed E-state index contributed by atoms with van der Waals surface area (Å²) in [6.07, 6.45) is 2.94. The number of hydrogen-bond acceptors (Lipinski definition) is 8. The van der Waals surface area contributed by atoms with Gasteiger partial charge in [-0.25, -0.2) is 9.59 Å². The third-order valence-corrected chi connectivity index (χ3v) is 10.4. The average molecular weight is 775 g/mol. The molecule has 4 amide bonds. The van der Waals surface area contributed by atoms with Crippen LogP contribution in [0.2, 0.25) is 0 Å². The highest BCUT2D eigenvalue weighted by molar-refractivity contribution is 7.59. The van der Waals surface area contributed by atoms with Crippen LogP contribution in [0.1, 0.15) is 91.8 Å². The second-order valence-corrected chi connectivity index (χ2v) is 13.6. The standard InChI is InChI=1S/C42H52N4O8.H2S/c1-4-53-39(49)35(20-13-14-26-43-41(51)54-5-2)45-40(50)42(29-15-7-6-8-16-29)25-22-32(31-17-9-11-19-34(31)42)38(48)46-27-23-30(24-28-46)44-37(47)33-18-10-12-21-36(33)52-3;/h6-12,15-19,21,30,32,35H,4-5,13-14,20,22-28H2,1-3H3,(H,43,51)(H,44,47)(H,45,50);1H2/t32-,35+,42+;/m0./s1. The predicted octanol–water partition coefficient (Wildman–Crippen LogP) is 5.36. The molecule has 1 fully saturated rings. The van der Waals surface area contributed by atoms with Gasteiger partial charge in [0.1, 0.15) is 11.8 Å². The molecule has 55 heavy (non-hydrogen) atoms. The van der Waals surface area contributed by atoms with Crippen LogP contribution in [-0.4, -0.2) is 86.7 Å². The Morgan fingerprint density at radius 1 is 0.836 bits per heavy atom. The molecule has 0 saturated carbocycles. The summed E-state index contributed by atoms with van der Waals surface area (Å²) in [6, 6.07) is 23.2. The maximum atomic E-state index is 14.8. The number of hydrogen-bond donors (Lipinski definition) is 3. The second kappa shape index (κ2) is 20.6. The van der Waals surface area contributed by atoms with E-state index in [-0.39, 0.29) is 50.5 Å². The van der Waals surface area contributed by atoms with Crippen molar-refractivity contribution in [3.63, 3.8) is 0 Å². The van der Waals surface area contributed by atoms with Gasteiger partial charge in [-0.05, 0) is 87.6 Å². The number of fused-ring (bicyclic) bond motifs is 1. The van der Waals surface area contributed by atoms with Gasteiger partial charge in [-0.1, -0.05) is 66.7 Å². The highest BCUT2D eigenvalue weighted by Gasteiger charge is 2.49. The Hall–Kier alpha value is -5.04. The van der Waals surface area contributed by atoms with E-state index in [1.54, 1.807) is 32.0 Å². The van der Waals surface area contributed by atoms with Crippen molar-refractivity contribution in [1.82, 2.24) is 20.9 Å². The topological polar surface area (TPSA) is 152 Å². The minimum absolute atomic E-state index is 0. The molecule has 1 saturated heterocycles. The van der Waals surface area contributed by atoms with Crippen LogP contribution in [0, 0.1) is 0 Å². The van der Waals surface area contributed by atoms with Crippen LogP contribution < -0.4 is 20.7 Å². The number of para-hydroxylation sites is 1. The SMILES string of the molecule is CCOC(=O)NCCCC[C@@H](NC(=O)[C@@]1(c2ccccc2)CC[C@H](C(=O)N2CCC(NC(=O)c3ccccc3OC)CC2)c2ccccc21)C(=O)OCC.S. The quantitative estimate of drug-likeness (QED) is 0.138. The summed E-state index contributed by atoms with van der Waals surface area (Å²) in [6.45, 7) is 5.25. The first-order valence-corrected chi connectivity index (χ1v) is 19.0. The van der Waals surface area contributed by atoms with Crippen molar-refractivity contribution in [3.05, 3.63) is 101 Å². The van der Waals surface area contributed by atoms with E-state index in [1.165, 1.54) is 7.11 Å². The number of methoxy groups -OCH3 is 1. The largest absolute Gasteiger partial charge is 0.496 e. The van der Waals surface area contributed by atoms with Gasteiger partial charge in [-0.2, -0.15) is 13.5 Å². The lowest BCUT2D eigenvalue weighted by Gasteiger charge is -2.43. The van der Waals surface area contributed by atoms with Crippen LogP contribution in [0.4, 0.5) is 4.79 Å². The molecule has 3 N–H and O–H groups in total. The fourth-order valence-corrected chi connectivity index (χ4v) is 7.67. The number of benzene rings is 3. The Kier molecular flexibility index (Phi) is 16.0. The van der Waals surface area contributed by atoms with Gasteiger partial charge in [0.15, 0.2) is 0 Å². The fraction of sp³-hybridized carbons (Fsp3) is 0.452. The number of ether oxygens (including phenoxy) is 3. The number of unbranched alkanes of at least 4 members (excludes halogenated alkanes) is 1. The summed E-state index contributed by atoms with van der Waals surface area (Å²) < 4.78 is 15.7. The summed E-state index contributed by atoms with van der Waals surface area (Å²) in [5.74, 6) is -1.01. The van der Waals surface area contributed by atoms with Gasteiger partial charge in [0.25, 0.3) is 5.91 Å². The summed E-state index contributed by atoms with van der Waals surface area (Å²) in [5.41, 5.74) is 1.60. The van der Waals surface area contributed by atoms with Crippen molar-refractivity contribution in [2.75, 3.05) is 40.0 Å². The summed E-state index contributed by atoms with van der Waals surface area (Å²) in [4.78, 5) is 68.8. The van der Waals surface area contributed by atoms with E-state index in [1.807, 2.05) is 65.6 Å². The van der Waals surface area contributed by atoms with Crippen molar-refractivity contribution >= 4 is 43.3 Å². The third-order valence-electron chi connectivity index (χ3n) is 10.4. The highest BCUT2D eigenvalue weighted by atomic mass is 32.1. The molecule has 296 valence electrons. The molecule has 0 aromatic heterocycles. The molecule has 1 aliphatic carbocycles. The van der Waals surface area contributed by atoms with Gasteiger partial charge < -0.3 is 35.1 Å². The van der Waals surface area contributed by atoms with Crippen LogP contribution >= 0.6 is 13.5 Å². The van der Waals surface area contributed by atoms with Gasteiger partial charge in [-0.3, -0.25) is 14.4 Å². The van der Waals surface area contributed by atoms with E-state index in [0.29, 0.717) is 75.9 Å². The zero-order chi connectivity index (χ0) is 38.5. The highest BCUT2D eigenvalue weighted by Crippen LogP contribution is 2.48. The lowest BCUT2D eigenvalue weighted by molar-refractivity contribution is -0.148. The number of alkyl carbamates (subject to hydrolysis) is 1. The molecule has 2 aliphatic rings. The molecule has 0 radical (unpaired) electrons. The zero-order valence-corrected chi connectivity index (χ0v) is 32.9. The van der Waals surface area contributed by atoms with Crippen molar-refractivity contribution in [2.45, 2.75) is 82.2 Å². The number of carbonyl (C=O) groups excluding carboxylic acids is 5. The molecule has 3 aromatic carbocycles. The molecular weight excluding hydrogens is 721 g/mol. The van der Waals surface area contributed by atoms with Gasteiger partial charge in [-0.15, -0.1) is 0 Å². The summed E-state index contributed by atoms with van der Waals surface area (Å²) in [5, 5.41) is 8.85. The minimum Gasteiger partial charge on any atom is -0.496 e. The molecule has 1 aliphatic heterocycles. The van der Waals surface area contributed by atoms with Crippen LogP contribution in [0.25, 0.3) is 0 Å². The molecule has 5 rings (SSSR count). The average Bonchev–Trinajstić information content (AvgIpc) is 3.20. The van der Waals surface area contributed by atoms with Gasteiger partial charge >= 0.3 is 12.1 Å². The van der Waals surface area contributed by atoms with Crippen LogP contribution in [0.15, 0.2) is 78.9 Å². The number of piperidine rings is 1. The van der Waals surface area contributed by atoms with Crippen molar-refractivity contribution in [3.8, 4) is 5.75 Å². The lowest BCUT2D eigenvalue weighted by Crippen LogP contribution is -2.54. The molecule has 1 heterocycles. The van der Waals surface area contributed by atoms with E-state index in [4.69, 9.17) is 14.2 Å². The smallest absolute Gasteiger partial charge is 0.407 e. The van der Waals surface area contributed by atoms with Crippen molar-refractivity contribution < 1.29 is 38.2 Å². The van der Waals surface area contributed by atoms with E-state index >= 15 is 0 Å². The molecule has 0 bridgehead atoms. The fourth-order valence-electron chi connectivity index (χ4n) is 7.67. The first-order chi connectivity index (χ1) is 26.2. The molecule has 3 aromatic rings. The van der Waals surface area contributed by atoms with Crippen molar-refractivity contribution in [1.29, 1.82) is 0 Å². The number of rotatable bonds is 15. The number of carbonyl (C=O) groups is 5. The van der Waals surface area contributed by atoms with E-state index in [9.17, 15) is 24.0 Å². The molecule has 12 nitrogen and oxygen atoms in total. The number of nitrogens with zero attached hydrogens (tertiary/aromatic N) is 1. The normalized spacial score (nSPS) is 18.4. The van der Waals surface area contributed by atoms with Gasteiger partial charge in [0.05, 0.1) is 37.2 Å². The van der Waals surface area contributed by atoms with Crippen LogP contribution in [-0.2, 0) is 29.3 Å². The zero-order valence-electron chi connectivity index (χ0n) is 31.9. The molecular formula is C42H54N4O8S. The van der Waals surface area contributed by atoms with E-state index in [2.05, 4.69) is 16.0 Å². The Bertz CT molecular complexity index is 1770. The van der Waals surface area contributed by atoms with Gasteiger partial charge in [0.2, 0.25) is 11.8 Å². The maximum absolute atomic E-state index is 14.8. The molecule has 0 spiro atoms. The third kappa shape index (κ3) is 10.2. The Labute approximate surface area is 330 Å². The first kappa shape index (κ1) is 42.7. The second-order valence-electron chi connectivity index (χ2n) is 13.6. The van der Waals surface area contributed by atoms with Crippen LogP contribution in [0.3, 0.4) is 0 Å². The summed E-state index contributed by atoms with van der Waals surface area (Å²) in [7, 11) is 1.54. The summed E-state index contributed by atoms with van der Waals surface area (Å²) >= 11 is 0. The molecule has 13 heteroatoms. The number of amides is 4. The predicted molar refractivity (Wildman–Crippen MR) is 214 cm³/mol. The Balaban J connectivity index is 0.00000673. The van der Waals surface area contributed by atoms with Crippen molar-refractivity contribution in [2.24, 2.45) is 0 Å². The lowest BCUT2D eigenvalue weighted by atomic mass is 9.62. The Morgan fingerprint density at radius 3 is 2.22 bits per heavy atom. The number of esters is 1. The van der Waals surface area contributed by atoms with Crippen LogP contribution in [0.5, 0.6) is 5.75 Å². The first-order valence-electron chi connectivity index (χ1n) is 19.0. The Morgan fingerprint density at radius 2 is 1.51 bits per heavy atom. The minimum atomic E-state index is -1.17. The van der Waals surface area contributed by atoms with E-state index in [0.717, 1.165) is 16.7 Å². The van der Waals surface area contributed by atoms with Gasteiger partial charge in [0, 0.05) is 25.7 Å². The number of nitrogens with one attached hydrogen (secondary N) is 3.